The van der Waals surface area contributed by atoms with E-state index in [1.54, 1.807) is 23.4 Å². The highest BCUT2D eigenvalue weighted by molar-refractivity contribution is 7.99. The van der Waals surface area contributed by atoms with Gasteiger partial charge in [-0.15, -0.1) is 18.2 Å². The average Bonchev–Trinajstić information content (AvgIpc) is 2.65. The molecule has 0 saturated carbocycles. The minimum atomic E-state index is -0.184. The summed E-state index contributed by atoms with van der Waals surface area (Å²) in [6.07, 6.45) is 5.14. The van der Waals surface area contributed by atoms with Crippen LogP contribution in [0.1, 0.15) is 23.1 Å². The Hall–Kier alpha value is -1.61. The van der Waals surface area contributed by atoms with Crippen molar-refractivity contribution in [3.63, 3.8) is 0 Å². The van der Waals surface area contributed by atoms with Crippen LogP contribution in [-0.4, -0.2) is 33.7 Å². The molecule has 1 rings (SSSR count). The molecule has 0 radical (unpaired) electrons. The molecule has 98 valence electrons. The first-order valence-corrected chi connectivity index (χ1v) is 6.89. The van der Waals surface area contributed by atoms with E-state index in [9.17, 15) is 4.79 Å². The van der Waals surface area contributed by atoms with Gasteiger partial charge in [0.2, 0.25) is 0 Å². The summed E-state index contributed by atoms with van der Waals surface area (Å²) in [5.41, 5.74) is 7.43. The first kappa shape index (κ1) is 14.5. The molecule has 1 aromatic rings. The van der Waals surface area contributed by atoms with Crippen molar-refractivity contribution in [2.24, 2.45) is 0 Å². The van der Waals surface area contributed by atoms with E-state index in [-0.39, 0.29) is 5.91 Å². The normalized spacial score (nSPS) is 10.1. The van der Waals surface area contributed by atoms with Gasteiger partial charge in [-0.05, 0) is 13.8 Å². The summed E-state index contributed by atoms with van der Waals surface area (Å²) in [6.45, 7) is 4.90. The predicted octanol–water partition coefficient (Wildman–Crippen LogP) is 0.890. The monoisotopic (exact) mass is 266 g/mol. The van der Waals surface area contributed by atoms with Crippen LogP contribution in [0.5, 0.6) is 0 Å². The van der Waals surface area contributed by atoms with Crippen molar-refractivity contribution in [3.05, 3.63) is 11.4 Å². The fourth-order valence-electron chi connectivity index (χ4n) is 1.52. The molecule has 0 atom stereocenters. The second-order valence-electron chi connectivity index (χ2n) is 3.68. The Morgan fingerprint density at radius 3 is 3.00 bits per heavy atom. The molecule has 0 fully saturated rings. The lowest BCUT2D eigenvalue weighted by atomic mass is 10.3. The highest BCUT2D eigenvalue weighted by Gasteiger charge is 2.18. The van der Waals surface area contributed by atoms with Crippen molar-refractivity contribution in [2.45, 2.75) is 20.4 Å². The minimum absolute atomic E-state index is 0.184. The van der Waals surface area contributed by atoms with E-state index < -0.39 is 0 Å². The third-order valence-electron chi connectivity index (χ3n) is 2.41. The Bertz CT molecular complexity index is 461. The van der Waals surface area contributed by atoms with E-state index >= 15 is 0 Å². The SMILES string of the molecule is C#CCSCCNC(=O)c1c(N)c(C)nn1CC. The van der Waals surface area contributed by atoms with Gasteiger partial charge >= 0.3 is 0 Å². The Morgan fingerprint density at radius 2 is 2.39 bits per heavy atom. The van der Waals surface area contributed by atoms with Gasteiger partial charge in [-0.1, -0.05) is 5.92 Å². The number of rotatable bonds is 6. The van der Waals surface area contributed by atoms with Gasteiger partial charge < -0.3 is 11.1 Å². The topological polar surface area (TPSA) is 72.9 Å². The zero-order valence-corrected chi connectivity index (χ0v) is 11.5. The number of aromatic nitrogens is 2. The van der Waals surface area contributed by atoms with Gasteiger partial charge in [-0.3, -0.25) is 9.48 Å². The number of anilines is 1. The molecular formula is C12H18N4OS. The summed E-state index contributed by atoms with van der Waals surface area (Å²) in [4.78, 5) is 12.0. The molecular weight excluding hydrogens is 248 g/mol. The zero-order valence-electron chi connectivity index (χ0n) is 10.7. The van der Waals surface area contributed by atoms with Crippen molar-refractivity contribution in [2.75, 3.05) is 23.8 Å². The molecule has 0 saturated heterocycles. The van der Waals surface area contributed by atoms with Gasteiger partial charge in [0.1, 0.15) is 5.69 Å². The van der Waals surface area contributed by atoms with Crippen LogP contribution in [0.2, 0.25) is 0 Å². The molecule has 0 aliphatic heterocycles. The highest BCUT2D eigenvalue weighted by Crippen LogP contribution is 2.16. The molecule has 0 spiro atoms. The molecule has 0 bridgehead atoms. The lowest BCUT2D eigenvalue weighted by Crippen LogP contribution is -2.28. The van der Waals surface area contributed by atoms with Gasteiger partial charge in [0.15, 0.2) is 0 Å². The molecule has 1 heterocycles. The van der Waals surface area contributed by atoms with Crippen LogP contribution in [0, 0.1) is 19.3 Å². The summed E-state index contributed by atoms with van der Waals surface area (Å²) in [6, 6.07) is 0. The number of amides is 1. The number of hydrogen-bond donors (Lipinski definition) is 2. The summed E-state index contributed by atoms with van der Waals surface area (Å²) in [5.74, 6) is 3.79. The summed E-state index contributed by atoms with van der Waals surface area (Å²) in [5, 5.41) is 7.02. The molecule has 0 aliphatic carbocycles. The first-order chi connectivity index (χ1) is 8.61. The van der Waals surface area contributed by atoms with E-state index in [1.807, 2.05) is 6.92 Å². The first-order valence-electron chi connectivity index (χ1n) is 5.74. The van der Waals surface area contributed by atoms with E-state index in [4.69, 9.17) is 12.2 Å². The smallest absolute Gasteiger partial charge is 0.271 e. The number of nitrogens with two attached hydrogens (primary N) is 1. The van der Waals surface area contributed by atoms with Crippen LogP contribution >= 0.6 is 11.8 Å². The number of nitrogens with zero attached hydrogens (tertiary/aromatic N) is 2. The fourth-order valence-corrected chi connectivity index (χ4v) is 2.02. The zero-order chi connectivity index (χ0) is 13.5. The highest BCUT2D eigenvalue weighted by atomic mass is 32.2. The van der Waals surface area contributed by atoms with Crippen molar-refractivity contribution < 1.29 is 4.79 Å². The van der Waals surface area contributed by atoms with Gasteiger partial charge in [0.05, 0.1) is 17.1 Å². The van der Waals surface area contributed by atoms with Crippen LogP contribution in [-0.2, 0) is 6.54 Å². The maximum atomic E-state index is 12.0. The maximum absolute atomic E-state index is 12.0. The van der Waals surface area contributed by atoms with Gasteiger partial charge in [-0.2, -0.15) is 5.10 Å². The van der Waals surface area contributed by atoms with Crippen LogP contribution in [0.15, 0.2) is 0 Å². The number of carbonyl (C=O) groups excluding carboxylic acids is 1. The number of hydrogen-bond acceptors (Lipinski definition) is 4. The van der Waals surface area contributed by atoms with Crippen molar-refractivity contribution in [1.82, 2.24) is 15.1 Å². The molecule has 1 aromatic heterocycles. The summed E-state index contributed by atoms with van der Waals surface area (Å²) < 4.78 is 1.62. The number of carbonyl (C=O) groups is 1. The van der Waals surface area contributed by atoms with E-state index in [2.05, 4.69) is 16.3 Å². The van der Waals surface area contributed by atoms with Crippen LogP contribution in [0.25, 0.3) is 0 Å². The van der Waals surface area contributed by atoms with Gasteiger partial charge in [0, 0.05) is 18.8 Å². The molecule has 18 heavy (non-hydrogen) atoms. The minimum Gasteiger partial charge on any atom is -0.395 e. The summed E-state index contributed by atoms with van der Waals surface area (Å²) in [7, 11) is 0. The van der Waals surface area contributed by atoms with Crippen LogP contribution < -0.4 is 11.1 Å². The van der Waals surface area contributed by atoms with E-state index in [0.29, 0.717) is 35.9 Å². The molecule has 3 N–H and O–H groups in total. The Morgan fingerprint density at radius 1 is 1.67 bits per heavy atom. The Labute approximate surface area is 111 Å². The van der Waals surface area contributed by atoms with E-state index in [1.165, 1.54) is 0 Å². The Kier molecular flexibility index (Phi) is 5.59. The molecule has 0 aromatic carbocycles. The molecule has 0 aliphatic rings. The number of thioether (sulfide) groups is 1. The lowest BCUT2D eigenvalue weighted by molar-refractivity contribution is 0.0946. The van der Waals surface area contributed by atoms with Crippen molar-refractivity contribution in [1.29, 1.82) is 0 Å². The largest absolute Gasteiger partial charge is 0.395 e. The maximum Gasteiger partial charge on any atom is 0.271 e. The van der Waals surface area contributed by atoms with E-state index in [0.717, 1.165) is 5.75 Å². The standard InChI is InChI=1S/C12H18N4OS/c1-4-7-18-8-6-14-12(17)11-10(13)9(3)15-16(11)5-2/h1H,5-8,13H2,2-3H3,(H,14,17). The second-order valence-corrected chi connectivity index (χ2v) is 4.78. The second kappa shape index (κ2) is 6.97. The van der Waals surface area contributed by atoms with Crippen molar-refractivity contribution in [3.8, 4) is 12.3 Å². The third kappa shape index (κ3) is 3.44. The molecule has 0 unspecified atom stereocenters. The fraction of sp³-hybridized carbons (Fsp3) is 0.500. The molecule has 1 amide bonds. The summed E-state index contributed by atoms with van der Waals surface area (Å²) >= 11 is 1.61. The number of terminal acetylenes is 1. The van der Waals surface area contributed by atoms with Crippen molar-refractivity contribution >= 4 is 23.4 Å². The number of aryl methyl sites for hydroxylation is 2. The molecule has 5 nitrogen and oxygen atoms in total. The predicted molar refractivity (Wildman–Crippen MR) is 75.5 cm³/mol. The number of nitrogens with one attached hydrogen (secondary N) is 1. The Balaban J connectivity index is 2.59. The van der Waals surface area contributed by atoms with Gasteiger partial charge in [-0.25, -0.2) is 0 Å². The third-order valence-corrected chi connectivity index (χ3v) is 3.27. The van der Waals surface area contributed by atoms with Crippen LogP contribution in [0.3, 0.4) is 0 Å². The lowest BCUT2D eigenvalue weighted by Gasteiger charge is -2.07. The van der Waals surface area contributed by atoms with Crippen LogP contribution in [0.4, 0.5) is 5.69 Å². The molecule has 6 heteroatoms. The number of nitrogen functional groups attached to an aromatic ring is 1. The van der Waals surface area contributed by atoms with Gasteiger partial charge in [0.25, 0.3) is 5.91 Å². The average molecular weight is 266 g/mol. The quantitative estimate of drug-likeness (QED) is 0.592.